The molecule has 0 bridgehead atoms. The highest BCUT2D eigenvalue weighted by atomic mass is 19.3. The van der Waals surface area contributed by atoms with Crippen LogP contribution in [-0.2, 0) is 0 Å². The van der Waals surface area contributed by atoms with Gasteiger partial charge in [0.1, 0.15) is 5.75 Å². The van der Waals surface area contributed by atoms with Gasteiger partial charge in [-0.2, -0.15) is 8.78 Å². The van der Waals surface area contributed by atoms with Gasteiger partial charge in [0.25, 0.3) is 11.8 Å². The molecule has 8 heteroatoms. The van der Waals surface area contributed by atoms with Crippen LogP contribution in [0.5, 0.6) is 5.75 Å². The van der Waals surface area contributed by atoms with Gasteiger partial charge in [-0.15, -0.1) is 0 Å². The molecule has 184 valence electrons. The van der Waals surface area contributed by atoms with E-state index in [-0.39, 0.29) is 17.6 Å². The molecule has 0 unspecified atom stereocenters. The topological polar surface area (TPSA) is 71.5 Å². The lowest BCUT2D eigenvalue weighted by Crippen LogP contribution is -2.38. The molecular weight excluding hydrogens is 452 g/mol. The molecule has 0 saturated carbocycles. The Bertz CT molecular complexity index is 1150. The highest BCUT2D eigenvalue weighted by molar-refractivity contribution is 5.98. The fraction of sp³-hybridized carbons (Fsp3) is 0.370. The number of pyridine rings is 1. The summed E-state index contributed by atoms with van der Waals surface area (Å²) in [4.78, 5) is 31.0. The zero-order chi connectivity index (χ0) is 24.6. The number of amides is 2. The highest BCUT2D eigenvalue weighted by Gasteiger charge is 2.23. The van der Waals surface area contributed by atoms with Gasteiger partial charge in [-0.3, -0.25) is 14.6 Å². The van der Waals surface area contributed by atoms with Gasteiger partial charge in [-0.25, -0.2) is 0 Å². The number of hydrogen-bond acceptors (Lipinski definition) is 4. The minimum Gasteiger partial charge on any atom is -0.435 e. The van der Waals surface area contributed by atoms with Crippen molar-refractivity contribution in [2.45, 2.75) is 38.7 Å². The lowest BCUT2D eigenvalue weighted by Gasteiger charge is -2.32. The number of hydrogen-bond donors (Lipinski definition) is 1. The Morgan fingerprint density at radius 3 is 2.49 bits per heavy atom. The average molecular weight is 482 g/mol. The molecule has 0 radical (unpaired) electrons. The molecule has 2 aromatic carbocycles. The summed E-state index contributed by atoms with van der Waals surface area (Å²) in [5.41, 5.74) is 1.11. The van der Waals surface area contributed by atoms with E-state index in [0.29, 0.717) is 36.7 Å². The summed E-state index contributed by atoms with van der Waals surface area (Å²) in [6, 6.07) is 13.4. The van der Waals surface area contributed by atoms with E-state index in [1.807, 2.05) is 29.2 Å². The molecule has 2 heterocycles. The fourth-order valence-corrected chi connectivity index (χ4v) is 4.47. The van der Waals surface area contributed by atoms with Crippen LogP contribution in [0.3, 0.4) is 0 Å². The van der Waals surface area contributed by atoms with Crippen molar-refractivity contribution in [2.24, 2.45) is 5.92 Å². The van der Waals surface area contributed by atoms with Gasteiger partial charge in [0, 0.05) is 48.5 Å². The number of rotatable bonds is 9. The van der Waals surface area contributed by atoms with Crippen LogP contribution in [0.4, 0.5) is 8.78 Å². The van der Waals surface area contributed by atoms with E-state index in [9.17, 15) is 18.4 Å². The van der Waals surface area contributed by atoms with Crippen molar-refractivity contribution in [3.8, 4) is 5.75 Å². The molecule has 35 heavy (non-hydrogen) atoms. The Hall–Kier alpha value is -3.55. The quantitative estimate of drug-likeness (QED) is 0.422. The van der Waals surface area contributed by atoms with Crippen LogP contribution in [0, 0.1) is 5.92 Å². The number of alkyl halides is 2. The number of unbranched alkanes of at least 4 members (excludes halogenated alkanes) is 1. The van der Waals surface area contributed by atoms with E-state index < -0.39 is 6.61 Å². The Balaban J connectivity index is 1.13. The van der Waals surface area contributed by atoms with Crippen molar-refractivity contribution in [1.82, 2.24) is 15.2 Å². The molecule has 2 amide bonds. The first-order valence-electron chi connectivity index (χ1n) is 12.0. The van der Waals surface area contributed by atoms with Gasteiger partial charge >= 0.3 is 6.61 Å². The second-order valence-electron chi connectivity index (χ2n) is 8.83. The SMILES string of the molecule is O=C(NCCCCC1CCN(C(=O)c2ccc(OC(F)F)cc2)CC1)c1ccc2ccncc2c1. The van der Waals surface area contributed by atoms with E-state index in [1.165, 1.54) is 24.3 Å². The van der Waals surface area contributed by atoms with E-state index in [2.05, 4.69) is 15.0 Å². The van der Waals surface area contributed by atoms with Crippen LogP contribution in [0.2, 0.25) is 0 Å². The summed E-state index contributed by atoms with van der Waals surface area (Å²) in [5, 5.41) is 5.00. The Morgan fingerprint density at radius 1 is 1.00 bits per heavy atom. The van der Waals surface area contributed by atoms with Crippen LogP contribution in [0.15, 0.2) is 60.9 Å². The summed E-state index contributed by atoms with van der Waals surface area (Å²) in [5.74, 6) is 0.446. The lowest BCUT2D eigenvalue weighted by molar-refractivity contribution is -0.0498. The Morgan fingerprint density at radius 2 is 1.74 bits per heavy atom. The maximum atomic E-state index is 12.7. The predicted octanol–water partition coefficient (Wildman–Crippen LogP) is 5.29. The molecule has 1 aromatic heterocycles. The number of halogens is 2. The molecule has 1 fully saturated rings. The van der Waals surface area contributed by atoms with Gasteiger partial charge in [0.05, 0.1) is 0 Å². The molecule has 0 spiro atoms. The van der Waals surface area contributed by atoms with E-state index >= 15 is 0 Å². The monoisotopic (exact) mass is 481 g/mol. The van der Waals surface area contributed by atoms with E-state index in [1.54, 1.807) is 12.4 Å². The fourth-order valence-electron chi connectivity index (χ4n) is 4.47. The number of ether oxygens (including phenoxy) is 1. The molecule has 1 aliphatic heterocycles. The minimum atomic E-state index is -2.88. The summed E-state index contributed by atoms with van der Waals surface area (Å²) in [6.07, 6.45) is 8.37. The van der Waals surface area contributed by atoms with Crippen molar-refractivity contribution in [3.63, 3.8) is 0 Å². The van der Waals surface area contributed by atoms with Gasteiger partial charge in [-0.05, 0) is 73.0 Å². The molecule has 1 saturated heterocycles. The number of nitrogens with one attached hydrogen (secondary N) is 1. The number of nitrogens with zero attached hydrogens (tertiary/aromatic N) is 2. The van der Waals surface area contributed by atoms with Crippen LogP contribution < -0.4 is 10.1 Å². The average Bonchev–Trinajstić information content (AvgIpc) is 2.88. The van der Waals surface area contributed by atoms with E-state index in [4.69, 9.17) is 0 Å². The third kappa shape index (κ3) is 6.74. The molecular formula is C27H29F2N3O3. The number of carbonyl (C=O) groups excluding carboxylic acids is 2. The molecule has 1 N–H and O–H groups in total. The standard InChI is InChI=1S/C27H29F2N3O3/c28-27(29)35-24-8-6-21(7-9-24)26(34)32-15-11-19(12-16-32)3-1-2-13-31-25(33)22-5-4-20-10-14-30-18-23(20)17-22/h4-10,14,17-19,27H,1-3,11-13,15-16H2,(H,31,33). The van der Waals surface area contributed by atoms with Gasteiger partial charge in [0.15, 0.2) is 0 Å². The van der Waals surface area contributed by atoms with Crippen LogP contribution in [0.25, 0.3) is 10.8 Å². The molecule has 0 aliphatic carbocycles. The molecule has 0 atom stereocenters. The number of aromatic nitrogens is 1. The van der Waals surface area contributed by atoms with Crippen LogP contribution in [0.1, 0.15) is 52.8 Å². The number of benzene rings is 2. The molecule has 3 aromatic rings. The summed E-state index contributed by atoms with van der Waals surface area (Å²) in [6.45, 7) is -0.875. The van der Waals surface area contributed by atoms with Crippen molar-refractivity contribution in [1.29, 1.82) is 0 Å². The molecule has 4 rings (SSSR count). The Kier molecular flexibility index (Phi) is 8.23. The number of carbonyl (C=O) groups is 2. The zero-order valence-corrected chi connectivity index (χ0v) is 19.5. The largest absolute Gasteiger partial charge is 0.435 e. The maximum Gasteiger partial charge on any atom is 0.387 e. The number of fused-ring (bicyclic) bond motifs is 1. The summed E-state index contributed by atoms with van der Waals surface area (Å²) in [7, 11) is 0. The smallest absolute Gasteiger partial charge is 0.387 e. The van der Waals surface area contributed by atoms with Crippen LogP contribution >= 0.6 is 0 Å². The second-order valence-corrected chi connectivity index (χ2v) is 8.83. The summed E-state index contributed by atoms with van der Waals surface area (Å²) < 4.78 is 28.9. The number of likely N-dealkylation sites (tertiary alicyclic amines) is 1. The minimum absolute atomic E-state index is 0.0426. The number of piperidine rings is 1. The first kappa shape index (κ1) is 24.6. The van der Waals surface area contributed by atoms with Crippen molar-refractivity contribution in [2.75, 3.05) is 19.6 Å². The zero-order valence-electron chi connectivity index (χ0n) is 19.5. The van der Waals surface area contributed by atoms with Crippen molar-refractivity contribution >= 4 is 22.6 Å². The summed E-state index contributed by atoms with van der Waals surface area (Å²) >= 11 is 0. The van der Waals surface area contributed by atoms with Gasteiger partial charge in [-0.1, -0.05) is 18.9 Å². The molecule has 6 nitrogen and oxygen atoms in total. The third-order valence-electron chi connectivity index (χ3n) is 6.46. The second kappa shape index (κ2) is 11.7. The first-order chi connectivity index (χ1) is 17.0. The van der Waals surface area contributed by atoms with Crippen molar-refractivity contribution < 1.29 is 23.1 Å². The van der Waals surface area contributed by atoms with Gasteiger partial charge < -0.3 is 15.0 Å². The first-order valence-corrected chi connectivity index (χ1v) is 12.0. The lowest BCUT2D eigenvalue weighted by atomic mass is 9.91. The van der Waals surface area contributed by atoms with Crippen LogP contribution in [-0.4, -0.2) is 47.9 Å². The van der Waals surface area contributed by atoms with Crippen molar-refractivity contribution in [3.05, 3.63) is 72.1 Å². The van der Waals surface area contributed by atoms with Gasteiger partial charge in [0.2, 0.25) is 0 Å². The van der Waals surface area contributed by atoms with E-state index in [0.717, 1.165) is 42.9 Å². The predicted molar refractivity (Wildman–Crippen MR) is 130 cm³/mol. The normalized spacial score (nSPS) is 14.3. The maximum absolute atomic E-state index is 12.7. The Labute approximate surface area is 203 Å². The molecule has 1 aliphatic rings. The highest BCUT2D eigenvalue weighted by Crippen LogP contribution is 2.24. The third-order valence-corrected chi connectivity index (χ3v) is 6.46.